The molecule has 4 aliphatic carbocycles. The van der Waals surface area contributed by atoms with Gasteiger partial charge in [-0.3, -0.25) is 19.2 Å². The zero-order valence-electron chi connectivity index (χ0n) is 21.8. The molecule has 2 N–H and O–H groups in total. The highest BCUT2D eigenvalue weighted by atomic mass is 16.8. The van der Waals surface area contributed by atoms with Crippen LogP contribution in [0.15, 0.2) is 23.8 Å². The number of ketones is 2. The van der Waals surface area contributed by atoms with Gasteiger partial charge in [0.1, 0.15) is 0 Å². The second-order valence-corrected chi connectivity index (χ2v) is 12.3. The molecular formula is C28H36O9. The van der Waals surface area contributed by atoms with Crippen LogP contribution in [0, 0.1) is 28.6 Å². The van der Waals surface area contributed by atoms with Crippen LogP contribution in [-0.4, -0.2) is 63.9 Å². The summed E-state index contributed by atoms with van der Waals surface area (Å²) < 4.78 is 17.9. The first-order chi connectivity index (χ1) is 17.2. The third-order valence-electron chi connectivity index (χ3n) is 9.81. The van der Waals surface area contributed by atoms with Gasteiger partial charge in [0.15, 0.2) is 23.8 Å². The van der Waals surface area contributed by atoms with Gasteiger partial charge in [0, 0.05) is 16.7 Å². The van der Waals surface area contributed by atoms with E-state index in [-0.39, 0.29) is 36.4 Å². The summed E-state index contributed by atoms with van der Waals surface area (Å²) in [5.41, 5.74) is -1.57. The summed E-state index contributed by atoms with van der Waals surface area (Å²) in [6.45, 7) is 7.04. The number of esters is 1. The van der Waals surface area contributed by atoms with Gasteiger partial charge in [-0.15, -0.1) is 0 Å². The molecule has 1 aliphatic heterocycles. The number of fused-ring (bicyclic) bond motifs is 7. The van der Waals surface area contributed by atoms with Crippen LogP contribution in [0.4, 0.5) is 0 Å². The molecule has 0 amide bonds. The maximum atomic E-state index is 13.9. The highest BCUT2D eigenvalue weighted by Gasteiger charge is 2.76. The zero-order valence-corrected chi connectivity index (χ0v) is 21.8. The molecule has 1 saturated heterocycles. The Balaban J connectivity index is 1.46. The van der Waals surface area contributed by atoms with Gasteiger partial charge in [0.2, 0.25) is 5.78 Å². The van der Waals surface area contributed by atoms with Crippen molar-refractivity contribution in [2.24, 2.45) is 28.6 Å². The number of ether oxygens (including phenoxy) is 3. The number of hydrogen-bond donors (Lipinski definition) is 2. The Bertz CT molecular complexity index is 1100. The Morgan fingerprint density at radius 1 is 1.16 bits per heavy atom. The van der Waals surface area contributed by atoms with Crippen LogP contribution < -0.4 is 0 Å². The first-order valence-electron chi connectivity index (χ1n) is 13.1. The van der Waals surface area contributed by atoms with Crippen molar-refractivity contribution in [3.63, 3.8) is 0 Å². The topological polar surface area (TPSA) is 136 Å². The Kier molecular flexibility index (Phi) is 6.09. The number of carboxylic acids is 1. The minimum Gasteiger partial charge on any atom is -0.481 e. The van der Waals surface area contributed by atoms with Crippen molar-refractivity contribution in [3.8, 4) is 0 Å². The SMILES string of the molecule is CC1(C)O[C@@H]2C[C@H]3[C@@H]4CCC5=CC(=O)C=C[C@]5(C)[C@H]4[C@@H](O)C[C@]3(C)[C@]2(C(=O)COC(=O)CCC(=O)O)O1. The predicted molar refractivity (Wildman–Crippen MR) is 129 cm³/mol. The molecule has 0 radical (unpaired) electrons. The fourth-order valence-corrected chi connectivity index (χ4v) is 8.46. The first kappa shape index (κ1) is 26.3. The predicted octanol–water partition coefficient (Wildman–Crippen LogP) is 2.74. The maximum absolute atomic E-state index is 13.9. The molecule has 4 fully saturated rings. The number of aliphatic carboxylic acids is 1. The monoisotopic (exact) mass is 516 g/mol. The molecule has 5 rings (SSSR count). The Morgan fingerprint density at radius 3 is 2.59 bits per heavy atom. The summed E-state index contributed by atoms with van der Waals surface area (Å²) in [6.07, 6.45) is 5.63. The van der Waals surface area contributed by atoms with Crippen molar-refractivity contribution in [1.82, 2.24) is 0 Å². The smallest absolute Gasteiger partial charge is 0.306 e. The lowest BCUT2D eigenvalue weighted by molar-refractivity contribution is -0.225. The minimum atomic E-state index is -1.41. The second-order valence-electron chi connectivity index (χ2n) is 12.3. The molecule has 3 saturated carbocycles. The molecule has 37 heavy (non-hydrogen) atoms. The number of aliphatic hydroxyl groups excluding tert-OH is 1. The van der Waals surface area contributed by atoms with Crippen LogP contribution >= 0.6 is 0 Å². The lowest BCUT2D eigenvalue weighted by atomic mass is 9.46. The van der Waals surface area contributed by atoms with Crippen LogP contribution in [0.1, 0.15) is 66.2 Å². The highest BCUT2D eigenvalue weighted by Crippen LogP contribution is 2.70. The van der Waals surface area contributed by atoms with E-state index in [1.165, 1.54) is 0 Å². The lowest BCUT2D eigenvalue weighted by Gasteiger charge is -2.59. The third kappa shape index (κ3) is 3.84. The zero-order chi connectivity index (χ0) is 27.0. The summed E-state index contributed by atoms with van der Waals surface area (Å²) in [7, 11) is 0. The molecule has 1 heterocycles. The van der Waals surface area contributed by atoms with E-state index < -0.39 is 58.8 Å². The maximum Gasteiger partial charge on any atom is 0.306 e. The van der Waals surface area contributed by atoms with E-state index in [1.54, 1.807) is 26.0 Å². The molecule has 9 heteroatoms. The summed E-state index contributed by atoms with van der Waals surface area (Å²) in [4.78, 5) is 48.8. The van der Waals surface area contributed by atoms with Gasteiger partial charge in [-0.25, -0.2) is 0 Å². The van der Waals surface area contributed by atoms with Crippen LogP contribution in [0.3, 0.4) is 0 Å². The number of carboxylic acid groups (broad SMARTS) is 1. The molecule has 5 aliphatic rings. The van der Waals surface area contributed by atoms with Crippen molar-refractivity contribution >= 4 is 23.5 Å². The quantitative estimate of drug-likeness (QED) is 0.511. The average Bonchev–Trinajstić information content (AvgIpc) is 3.22. The summed E-state index contributed by atoms with van der Waals surface area (Å²) >= 11 is 0. The van der Waals surface area contributed by atoms with Gasteiger partial charge in [-0.05, 0) is 63.5 Å². The molecule has 202 valence electrons. The van der Waals surface area contributed by atoms with E-state index in [1.807, 2.05) is 13.0 Å². The largest absolute Gasteiger partial charge is 0.481 e. The van der Waals surface area contributed by atoms with E-state index in [4.69, 9.17) is 19.3 Å². The van der Waals surface area contributed by atoms with Crippen LogP contribution in [-0.2, 0) is 33.4 Å². The summed E-state index contributed by atoms with van der Waals surface area (Å²) in [6, 6.07) is 0. The molecule has 9 nitrogen and oxygen atoms in total. The number of allylic oxidation sites excluding steroid dienone is 4. The molecule has 0 spiro atoms. The number of rotatable bonds is 6. The van der Waals surface area contributed by atoms with E-state index >= 15 is 0 Å². The third-order valence-corrected chi connectivity index (χ3v) is 9.81. The molecule has 8 atom stereocenters. The molecule has 0 aromatic heterocycles. The molecular weight excluding hydrogens is 480 g/mol. The van der Waals surface area contributed by atoms with Crippen LogP contribution in [0.25, 0.3) is 0 Å². The first-order valence-corrected chi connectivity index (χ1v) is 13.1. The van der Waals surface area contributed by atoms with Crippen molar-refractivity contribution in [2.45, 2.75) is 89.8 Å². The Hall–Kier alpha value is -2.36. The van der Waals surface area contributed by atoms with Crippen LogP contribution in [0.2, 0.25) is 0 Å². The molecule has 0 aromatic rings. The lowest BCUT2D eigenvalue weighted by Crippen LogP contribution is -2.64. The van der Waals surface area contributed by atoms with Gasteiger partial charge in [0.25, 0.3) is 0 Å². The van der Waals surface area contributed by atoms with Crippen molar-refractivity contribution < 1.29 is 43.6 Å². The van der Waals surface area contributed by atoms with Crippen LogP contribution in [0.5, 0.6) is 0 Å². The van der Waals surface area contributed by atoms with Gasteiger partial charge in [0.05, 0.1) is 25.0 Å². The Morgan fingerprint density at radius 2 is 1.89 bits per heavy atom. The number of Topliss-reactive ketones (excluding diaryl/α,β-unsaturated/α-hetero) is 1. The number of carbonyl (C=O) groups is 4. The normalized spacial score (nSPS) is 43.2. The van der Waals surface area contributed by atoms with E-state index in [0.717, 1.165) is 18.4 Å². The number of hydrogen-bond acceptors (Lipinski definition) is 8. The van der Waals surface area contributed by atoms with Gasteiger partial charge < -0.3 is 24.4 Å². The number of aliphatic hydroxyl groups is 1. The van der Waals surface area contributed by atoms with Crippen molar-refractivity contribution in [2.75, 3.05) is 6.61 Å². The van der Waals surface area contributed by atoms with Gasteiger partial charge >= 0.3 is 11.9 Å². The fourth-order valence-electron chi connectivity index (χ4n) is 8.46. The summed E-state index contributed by atoms with van der Waals surface area (Å²) in [5.74, 6) is -3.38. The second kappa shape index (κ2) is 8.58. The van der Waals surface area contributed by atoms with Gasteiger partial charge in [-0.2, -0.15) is 0 Å². The highest BCUT2D eigenvalue weighted by molar-refractivity contribution is 6.01. The average molecular weight is 517 g/mol. The van der Waals surface area contributed by atoms with Crippen molar-refractivity contribution in [3.05, 3.63) is 23.8 Å². The number of carbonyl (C=O) groups excluding carboxylic acids is 3. The fraction of sp³-hybridized carbons (Fsp3) is 0.714. The van der Waals surface area contributed by atoms with Gasteiger partial charge in [-0.1, -0.05) is 25.5 Å². The molecule has 0 bridgehead atoms. The molecule has 0 aromatic carbocycles. The van der Waals surface area contributed by atoms with E-state index in [0.29, 0.717) is 12.8 Å². The molecule has 0 unspecified atom stereocenters. The Labute approximate surface area is 216 Å². The standard InChI is InChI=1S/C28H36O9/c1-25(2)36-21-12-18-17-6-5-15-11-16(29)9-10-26(15,3)24(17)19(30)13-27(18,4)28(21,37-25)20(31)14-35-23(34)8-7-22(32)33/h9-11,17-19,21,24,30H,5-8,12-14H2,1-4H3,(H,32,33)/t17-,18-,19-,21+,24+,26-,27-,28+/m0/s1. The minimum absolute atomic E-state index is 0.0121. The van der Waals surface area contributed by atoms with Crippen molar-refractivity contribution in [1.29, 1.82) is 0 Å². The van der Waals surface area contributed by atoms with E-state index in [2.05, 4.69) is 6.92 Å². The summed E-state index contributed by atoms with van der Waals surface area (Å²) in [5, 5.41) is 20.5. The van der Waals surface area contributed by atoms with E-state index in [9.17, 15) is 24.3 Å².